The Morgan fingerprint density at radius 3 is 2.52 bits per heavy atom. The van der Waals surface area contributed by atoms with Crippen molar-refractivity contribution in [2.45, 2.75) is 6.92 Å². The maximum atomic E-state index is 12.0. The maximum Gasteiger partial charge on any atom is 0.271 e. The Kier molecular flexibility index (Phi) is 5.46. The van der Waals surface area contributed by atoms with Crippen molar-refractivity contribution >= 4 is 18.0 Å². The number of carbonyl (C=O) groups is 2. The summed E-state index contributed by atoms with van der Waals surface area (Å²) in [5.41, 5.74) is 9.73. The molecule has 0 unspecified atom stereocenters. The number of hydrazone groups is 1. The third kappa shape index (κ3) is 4.96. The van der Waals surface area contributed by atoms with Crippen LogP contribution < -0.4 is 15.9 Å². The van der Waals surface area contributed by atoms with Crippen molar-refractivity contribution in [1.82, 2.24) is 5.43 Å². The molecule has 0 bridgehead atoms. The predicted octanol–water partition coefficient (Wildman–Crippen LogP) is 1.62. The minimum Gasteiger partial charge on any atom is -0.484 e. The zero-order valence-corrected chi connectivity index (χ0v) is 12.7. The van der Waals surface area contributed by atoms with E-state index in [-0.39, 0.29) is 12.5 Å². The zero-order valence-electron chi connectivity index (χ0n) is 12.7. The van der Waals surface area contributed by atoms with E-state index < -0.39 is 5.91 Å². The third-order valence-corrected chi connectivity index (χ3v) is 3.03. The first-order chi connectivity index (χ1) is 11.1. The average molecular weight is 311 g/mol. The smallest absolute Gasteiger partial charge is 0.271 e. The van der Waals surface area contributed by atoms with E-state index in [2.05, 4.69) is 10.5 Å². The summed E-state index contributed by atoms with van der Waals surface area (Å²) in [7, 11) is 0. The molecule has 0 spiro atoms. The van der Waals surface area contributed by atoms with E-state index in [9.17, 15) is 9.59 Å². The summed E-state index contributed by atoms with van der Waals surface area (Å²) >= 11 is 0. The molecule has 2 aromatic rings. The molecule has 6 nitrogen and oxygen atoms in total. The number of amides is 2. The number of rotatable bonds is 6. The molecule has 0 saturated carbocycles. The van der Waals surface area contributed by atoms with Gasteiger partial charge in [0.25, 0.3) is 11.8 Å². The number of nitrogens with one attached hydrogen (secondary N) is 1. The standard InChI is InChI=1S/C17H17N3O3/c1-12-4-2-3-5-15(12)17(22)20-19-10-13-6-8-14(9-7-13)23-11-16(18)21/h2-10H,11H2,1H3,(H2,18,21)(H,20,22). The number of ether oxygens (including phenoxy) is 1. The minimum atomic E-state index is -0.533. The van der Waals surface area contributed by atoms with Crippen molar-refractivity contribution in [3.05, 3.63) is 65.2 Å². The van der Waals surface area contributed by atoms with Gasteiger partial charge < -0.3 is 10.5 Å². The van der Waals surface area contributed by atoms with Crippen LogP contribution >= 0.6 is 0 Å². The molecule has 0 aromatic heterocycles. The van der Waals surface area contributed by atoms with Gasteiger partial charge >= 0.3 is 0 Å². The molecule has 0 fully saturated rings. The highest BCUT2D eigenvalue weighted by molar-refractivity contribution is 5.96. The van der Waals surface area contributed by atoms with Crippen LogP contribution in [0.2, 0.25) is 0 Å². The van der Waals surface area contributed by atoms with E-state index in [4.69, 9.17) is 10.5 Å². The molecule has 2 amide bonds. The van der Waals surface area contributed by atoms with Crippen molar-refractivity contribution in [3.8, 4) is 5.75 Å². The summed E-state index contributed by atoms with van der Waals surface area (Å²) < 4.78 is 5.15. The van der Waals surface area contributed by atoms with Crippen LogP contribution in [0.3, 0.4) is 0 Å². The summed E-state index contributed by atoms with van der Waals surface area (Å²) in [4.78, 5) is 22.6. The van der Waals surface area contributed by atoms with Gasteiger partial charge in [0.1, 0.15) is 5.75 Å². The van der Waals surface area contributed by atoms with E-state index >= 15 is 0 Å². The molecule has 0 aliphatic heterocycles. The van der Waals surface area contributed by atoms with Gasteiger partial charge in [-0.1, -0.05) is 18.2 Å². The van der Waals surface area contributed by atoms with E-state index in [0.29, 0.717) is 11.3 Å². The monoisotopic (exact) mass is 311 g/mol. The first-order valence-corrected chi connectivity index (χ1v) is 6.96. The van der Waals surface area contributed by atoms with Gasteiger partial charge in [-0.15, -0.1) is 0 Å². The minimum absolute atomic E-state index is 0.167. The molecule has 0 aliphatic rings. The summed E-state index contributed by atoms with van der Waals surface area (Å²) in [5, 5.41) is 3.92. The van der Waals surface area contributed by atoms with Crippen LogP contribution in [0.1, 0.15) is 21.5 Å². The quantitative estimate of drug-likeness (QED) is 0.627. The summed E-state index contributed by atoms with van der Waals surface area (Å²) in [6.45, 7) is 1.70. The Morgan fingerprint density at radius 2 is 1.87 bits per heavy atom. The number of primary amides is 1. The molecule has 2 aromatic carbocycles. The molecule has 0 heterocycles. The van der Waals surface area contributed by atoms with Crippen LogP contribution in [0, 0.1) is 6.92 Å². The van der Waals surface area contributed by atoms with Crippen molar-refractivity contribution in [1.29, 1.82) is 0 Å². The fourth-order valence-electron chi connectivity index (χ4n) is 1.86. The maximum absolute atomic E-state index is 12.0. The molecule has 0 saturated heterocycles. The molecular formula is C17H17N3O3. The van der Waals surface area contributed by atoms with E-state index in [1.807, 2.05) is 19.1 Å². The zero-order chi connectivity index (χ0) is 16.7. The molecule has 23 heavy (non-hydrogen) atoms. The Balaban J connectivity index is 1.92. The highest BCUT2D eigenvalue weighted by atomic mass is 16.5. The Bertz CT molecular complexity index is 724. The van der Waals surface area contributed by atoms with Crippen LogP contribution in [0.4, 0.5) is 0 Å². The Labute approximate surface area is 134 Å². The number of nitrogens with two attached hydrogens (primary N) is 1. The van der Waals surface area contributed by atoms with Gasteiger partial charge in [0.2, 0.25) is 0 Å². The lowest BCUT2D eigenvalue weighted by molar-refractivity contribution is -0.119. The SMILES string of the molecule is Cc1ccccc1C(=O)NN=Cc1ccc(OCC(N)=O)cc1. The van der Waals surface area contributed by atoms with E-state index in [0.717, 1.165) is 11.1 Å². The average Bonchev–Trinajstić information content (AvgIpc) is 2.54. The second kappa shape index (κ2) is 7.74. The fourth-order valence-corrected chi connectivity index (χ4v) is 1.86. The van der Waals surface area contributed by atoms with Gasteiger partial charge in [-0.3, -0.25) is 9.59 Å². The van der Waals surface area contributed by atoms with Crippen molar-refractivity contribution < 1.29 is 14.3 Å². The second-order valence-corrected chi connectivity index (χ2v) is 4.84. The largest absolute Gasteiger partial charge is 0.484 e. The van der Waals surface area contributed by atoms with Crippen molar-refractivity contribution in [3.63, 3.8) is 0 Å². The first kappa shape index (κ1) is 16.2. The molecule has 0 atom stereocenters. The first-order valence-electron chi connectivity index (χ1n) is 6.96. The molecule has 0 aliphatic carbocycles. The normalized spacial score (nSPS) is 10.5. The van der Waals surface area contributed by atoms with Gasteiger partial charge in [0.05, 0.1) is 6.21 Å². The lowest BCUT2D eigenvalue weighted by Crippen LogP contribution is -2.20. The molecule has 6 heteroatoms. The molecular weight excluding hydrogens is 294 g/mol. The van der Waals surface area contributed by atoms with E-state index in [1.54, 1.807) is 36.4 Å². The lowest BCUT2D eigenvalue weighted by Gasteiger charge is -2.04. The number of hydrogen-bond acceptors (Lipinski definition) is 4. The number of aryl methyl sites for hydroxylation is 1. The van der Waals surface area contributed by atoms with Gasteiger partial charge in [-0.2, -0.15) is 5.10 Å². The predicted molar refractivity (Wildman–Crippen MR) is 87.4 cm³/mol. The fraction of sp³-hybridized carbons (Fsp3) is 0.118. The highest BCUT2D eigenvalue weighted by Crippen LogP contribution is 2.11. The van der Waals surface area contributed by atoms with Crippen LogP contribution in [-0.4, -0.2) is 24.6 Å². The Morgan fingerprint density at radius 1 is 1.17 bits per heavy atom. The number of benzene rings is 2. The van der Waals surface area contributed by atoms with Crippen LogP contribution in [0.15, 0.2) is 53.6 Å². The molecule has 0 radical (unpaired) electrons. The summed E-state index contributed by atoms with van der Waals surface area (Å²) in [6, 6.07) is 14.2. The topological polar surface area (TPSA) is 93.8 Å². The summed E-state index contributed by atoms with van der Waals surface area (Å²) in [6.07, 6.45) is 1.52. The molecule has 2 rings (SSSR count). The summed E-state index contributed by atoms with van der Waals surface area (Å²) in [5.74, 6) is -0.264. The number of nitrogens with zero attached hydrogens (tertiary/aromatic N) is 1. The number of hydrogen-bond donors (Lipinski definition) is 2. The van der Waals surface area contributed by atoms with Gasteiger partial charge in [0, 0.05) is 5.56 Å². The van der Waals surface area contributed by atoms with Crippen molar-refractivity contribution in [2.24, 2.45) is 10.8 Å². The second-order valence-electron chi connectivity index (χ2n) is 4.84. The third-order valence-electron chi connectivity index (χ3n) is 3.03. The Hall–Kier alpha value is -3.15. The van der Waals surface area contributed by atoms with Gasteiger partial charge in [-0.05, 0) is 48.4 Å². The lowest BCUT2D eigenvalue weighted by atomic mass is 10.1. The number of carbonyl (C=O) groups excluding carboxylic acids is 2. The van der Waals surface area contributed by atoms with Gasteiger partial charge in [-0.25, -0.2) is 5.43 Å². The van der Waals surface area contributed by atoms with Crippen LogP contribution in [0.25, 0.3) is 0 Å². The van der Waals surface area contributed by atoms with Crippen molar-refractivity contribution in [2.75, 3.05) is 6.61 Å². The van der Waals surface area contributed by atoms with Crippen LogP contribution in [0.5, 0.6) is 5.75 Å². The molecule has 3 N–H and O–H groups in total. The highest BCUT2D eigenvalue weighted by Gasteiger charge is 2.06. The van der Waals surface area contributed by atoms with E-state index in [1.165, 1.54) is 6.21 Å². The van der Waals surface area contributed by atoms with Gasteiger partial charge in [0.15, 0.2) is 6.61 Å². The molecule has 118 valence electrons. The van der Waals surface area contributed by atoms with Crippen LogP contribution in [-0.2, 0) is 4.79 Å².